The molecule has 0 aliphatic heterocycles. The summed E-state index contributed by atoms with van der Waals surface area (Å²) >= 11 is 1.48. The predicted molar refractivity (Wildman–Crippen MR) is 140 cm³/mol. The lowest BCUT2D eigenvalue weighted by Crippen LogP contribution is -2.28. The fourth-order valence-electron chi connectivity index (χ4n) is 4.27. The Bertz CT molecular complexity index is 1320. The van der Waals surface area contributed by atoms with Gasteiger partial charge < -0.3 is 14.2 Å². The number of methoxy groups -OCH3 is 3. The van der Waals surface area contributed by atoms with Gasteiger partial charge in [-0.25, -0.2) is 4.98 Å². The number of thiazole rings is 1. The van der Waals surface area contributed by atoms with E-state index in [1.54, 1.807) is 31.8 Å². The van der Waals surface area contributed by atoms with Gasteiger partial charge in [0.25, 0.3) is 5.56 Å². The lowest BCUT2D eigenvalue weighted by Gasteiger charge is -2.25. The lowest BCUT2D eigenvalue weighted by molar-refractivity contribution is 0.224. The molecule has 0 fully saturated rings. The first-order valence-electron chi connectivity index (χ1n) is 11.5. The highest BCUT2D eigenvalue weighted by atomic mass is 32.1. The minimum absolute atomic E-state index is 0.0672. The van der Waals surface area contributed by atoms with E-state index in [-0.39, 0.29) is 5.56 Å². The van der Waals surface area contributed by atoms with Gasteiger partial charge >= 0.3 is 0 Å². The van der Waals surface area contributed by atoms with Crippen molar-refractivity contribution in [3.63, 3.8) is 0 Å². The van der Waals surface area contributed by atoms with Gasteiger partial charge in [-0.3, -0.25) is 14.1 Å². The monoisotopic (exact) mass is 493 g/mol. The van der Waals surface area contributed by atoms with Gasteiger partial charge in [-0.15, -0.1) is 11.3 Å². The Labute approximate surface area is 209 Å². The summed E-state index contributed by atoms with van der Waals surface area (Å²) in [6, 6.07) is 15.5. The first-order chi connectivity index (χ1) is 16.9. The largest absolute Gasteiger partial charge is 0.493 e. The van der Waals surface area contributed by atoms with Crippen molar-refractivity contribution in [2.75, 3.05) is 27.9 Å². The maximum atomic E-state index is 13.1. The Balaban J connectivity index is 1.64. The van der Waals surface area contributed by atoms with Crippen molar-refractivity contribution >= 4 is 16.3 Å². The van der Waals surface area contributed by atoms with E-state index in [0.29, 0.717) is 41.2 Å². The highest BCUT2D eigenvalue weighted by Crippen LogP contribution is 2.38. The van der Waals surface area contributed by atoms with E-state index in [1.807, 2.05) is 47.8 Å². The lowest BCUT2D eigenvalue weighted by atomic mass is 10.1. The summed E-state index contributed by atoms with van der Waals surface area (Å²) in [4.78, 5) is 20.9. The molecule has 0 amide bonds. The second-order valence-electron chi connectivity index (χ2n) is 8.79. The summed E-state index contributed by atoms with van der Waals surface area (Å²) in [5.74, 6) is 2.25. The zero-order valence-electron chi connectivity index (χ0n) is 20.8. The SMILES string of the molecule is COc1cc(CN(Cc2cc(=O)n3c(-c4ccccc4)csc3n2)CC(C)C)cc(OC)c1OC. The van der Waals surface area contributed by atoms with Gasteiger partial charge in [-0.1, -0.05) is 44.2 Å². The molecule has 0 N–H and O–H groups in total. The van der Waals surface area contributed by atoms with Gasteiger partial charge in [-0.2, -0.15) is 0 Å². The van der Waals surface area contributed by atoms with Crippen LogP contribution in [-0.4, -0.2) is 42.2 Å². The van der Waals surface area contributed by atoms with Gasteiger partial charge in [0.2, 0.25) is 5.75 Å². The average Bonchev–Trinajstić information content (AvgIpc) is 3.28. The van der Waals surface area contributed by atoms with Crippen molar-refractivity contribution in [1.29, 1.82) is 0 Å². The van der Waals surface area contributed by atoms with Crippen LogP contribution in [0.5, 0.6) is 17.2 Å². The van der Waals surface area contributed by atoms with Crippen molar-refractivity contribution in [1.82, 2.24) is 14.3 Å². The normalized spacial score (nSPS) is 11.4. The Morgan fingerprint density at radius 3 is 2.26 bits per heavy atom. The zero-order valence-corrected chi connectivity index (χ0v) is 21.6. The molecule has 0 radical (unpaired) electrons. The molecule has 0 atom stereocenters. The molecule has 8 heteroatoms. The minimum atomic E-state index is -0.0672. The Kier molecular flexibility index (Phi) is 7.73. The quantitative estimate of drug-likeness (QED) is 0.306. The summed E-state index contributed by atoms with van der Waals surface area (Å²) in [6.07, 6.45) is 0. The molecule has 4 rings (SSSR count). The van der Waals surface area contributed by atoms with Gasteiger partial charge in [0, 0.05) is 31.1 Å². The van der Waals surface area contributed by atoms with E-state index in [0.717, 1.165) is 29.1 Å². The van der Waals surface area contributed by atoms with E-state index in [1.165, 1.54) is 11.3 Å². The van der Waals surface area contributed by atoms with Crippen LogP contribution < -0.4 is 19.8 Å². The molecule has 2 aromatic heterocycles. The predicted octanol–water partition coefficient (Wildman–Crippen LogP) is 5.11. The topological polar surface area (TPSA) is 65.3 Å². The third-order valence-corrected chi connectivity index (χ3v) is 6.49. The van der Waals surface area contributed by atoms with Gasteiger partial charge in [-0.05, 0) is 29.2 Å². The molecular weight excluding hydrogens is 462 g/mol. The maximum absolute atomic E-state index is 13.1. The van der Waals surface area contributed by atoms with Crippen molar-refractivity contribution in [2.45, 2.75) is 26.9 Å². The summed E-state index contributed by atoms with van der Waals surface area (Å²) in [5, 5.41) is 1.99. The number of hydrogen-bond donors (Lipinski definition) is 0. The van der Waals surface area contributed by atoms with Gasteiger partial charge in [0.05, 0.1) is 32.7 Å². The van der Waals surface area contributed by atoms with Gasteiger partial charge in [0.1, 0.15) is 0 Å². The van der Waals surface area contributed by atoms with E-state index in [2.05, 4.69) is 18.7 Å². The highest BCUT2D eigenvalue weighted by Gasteiger charge is 2.18. The number of benzene rings is 2. The fourth-order valence-corrected chi connectivity index (χ4v) is 5.19. The third-order valence-electron chi connectivity index (χ3n) is 5.67. The smallest absolute Gasteiger partial charge is 0.259 e. The number of rotatable bonds is 10. The molecule has 7 nitrogen and oxygen atoms in total. The van der Waals surface area contributed by atoms with Crippen LogP contribution in [0.3, 0.4) is 0 Å². The van der Waals surface area contributed by atoms with E-state index in [9.17, 15) is 4.79 Å². The summed E-state index contributed by atoms with van der Waals surface area (Å²) in [6.45, 7) is 6.41. The first-order valence-corrected chi connectivity index (χ1v) is 12.4. The fraction of sp³-hybridized carbons (Fsp3) is 0.333. The van der Waals surface area contributed by atoms with Crippen LogP contribution in [0.1, 0.15) is 25.1 Å². The maximum Gasteiger partial charge on any atom is 0.259 e. The molecule has 2 aromatic carbocycles. The standard InChI is InChI=1S/C27H31N3O4S/c1-18(2)14-29(15-19-11-23(32-3)26(34-5)24(12-19)33-4)16-21-13-25(31)30-22(17-35-27(30)28-21)20-9-7-6-8-10-20/h6-13,17-18H,14-16H2,1-5H3. The van der Waals surface area contributed by atoms with E-state index in [4.69, 9.17) is 19.2 Å². The van der Waals surface area contributed by atoms with Crippen molar-refractivity contribution in [3.8, 4) is 28.5 Å². The number of fused-ring (bicyclic) bond motifs is 1. The Hall–Kier alpha value is -3.36. The molecule has 0 saturated heterocycles. The van der Waals surface area contributed by atoms with Crippen LogP contribution in [0.2, 0.25) is 0 Å². The summed E-state index contributed by atoms with van der Waals surface area (Å²) in [5.41, 5.74) is 3.58. The van der Waals surface area contributed by atoms with E-state index >= 15 is 0 Å². The number of hydrogen-bond acceptors (Lipinski definition) is 7. The molecular formula is C27H31N3O4S. The zero-order chi connectivity index (χ0) is 24.9. The first kappa shape index (κ1) is 24.8. The molecule has 4 aromatic rings. The van der Waals surface area contributed by atoms with Crippen molar-refractivity contribution < 1.29 is 14.2 Å². The third kappa shape index (κ3) is 5.49. The molecule has 0 spiro atoms. The Morgan fingerprint density at radius 1 is 0.971 bits per heavy atom. The minimum Gasteiger partial charge on any atom is -0.493 e. The molecule has 0 unspecified atom stereocenters. The molecule has 0 bridgehead atoms. The van der Waals surface area contributed by atoms with Crippen molar-refractivity contribution in [2.24, 2.45) is 5.92 Å². The number of aromatic nitrogens is 2. The molecule has 2 heterocycles. The second kappa shape index (κ2) is 10.9. The van der Waals surface area contributed by atoms with Gasteiger partial charge in [0.15, 0.2) is 16.5 Å². The van der Waals surface area contributed by atoms with Crippen LogP contribution in [0.25, 0.3) is 16.2 Å². The highest BCUT2D eigenvalue weighted by molar-refractivity contribution is 7.15. The van der Waals surface area contributed by atoms with Crippen LogP contribution in [-0.2, 0) is 13.1 Å². The molecule has 0 aliphatic rings. The van der Waals surface area contributed by atoms with Crippen LogP contribution in [0.15, 0.2) is 58.7 Å². The summed E-state index contributed by atoms with van der Waals surface area (Å²) < 4.78 is 18.2. The van der Waals surface area contributed by atoms with Crippen LogP contribution in [0.4, 0.5) is 0 Å². The molecule has 0 saturated carbocycles. The van der Waals surface area contributed by atoms with Crippen LogP contribution >= 0.6 is 11.3 Å². The Morgan fingerprint density at radius 2 is 1.66 bits per heavy atom. The second-order valence-corrected chi connectivity index (χ2v) is 9.62. The molecule has 0 aliphatic carbocycles. The number of ether oxygens (including phenoxy) is 3. The van der Waals surface area contributed by atoms with E-state index < -0.39 is 0 Å². The average molecular weight is 494 g/mol. The molecule has 35 heavy (non-hydrogen) atoms. The molecule has 184 valence electrons. The van der Waals surface area contributed by atoms with Crippen molar-refractivity contribution in [3.05, 3.63) is 75.5 Å². The van der Waals surface area contributed by atoms with Crippen LogP contribution in [0, 0.1) is 5.92 Å². The summed E-state index contributed by atoms with van der Waals surface area (Å²) in [7, 11) is 4.83. The number of nitrogens with zero attached hydrogens (tertiary/aromatic N) is 3.